The molecule has 1 fully saturated rings. The van der Waals surface area contributed by atoms with E-state index in [9.17, 15) is 13.9 Å². The molecule has 2 nitrogen and oxygen atoms in total. The zero-order valence-corrected chi connectivity index (χ0v) is 9.70. The minimum atomic E-state index is -0.791. The topological polar surface area (TPSA) is 23.5 Å². The van der Waals surface area contributed by atoms with Crippen LogP contribution in [0, 0.1) is 11.6 Å². The molecular formula is C13H17F2NO. The van der Waals surface area contributed by atoms with Crippen LogP contribution in [0.1, 0.15) is 30.9 Å². The summed E-state index contributed by atoms with van der Waals surface area (Å²) in [7, 11) is 0. The highest BCUT2D eigenvalue weighted by molar-refractivity contribution is 5.20. The van der Waals surface area contributed by atoms with Crippen LogP contribution in [0.15, 0.2) is 18.2 Å². The van der Waals surface area contributed by atoms with E-state index in [0.29, 0.717) is 12.0 Å². The van der Waals surface area contributed by atoms with Gasteiger partial charge in [0.15, 0.2) is 0 Å². The van der Waals surface area contributed by atoms with Crippen molar-refractivity contribution in [2.24, 2.45) is 0 Å². The molecule has 0 aliphatic carbocycles. The third-order valence-electron chi connectivity index (χ3n) is 3.19. The van der Waals surface area contributed by atoms with E-state index in [1.807, 2.05) is 0 Å². The lowest BCUT2D eigenvalue weighted by Gasteiger charge is -2.17. The van der Waals surface area contributed by atoms with Crippen molar-refractivity contribution in [2.45, 2.75) is 25.4 Å². The second-order valence-electron chi connectivity index (χ2n) is 4.56. The minimum absolute atomic E-state index is 0.321. The Kier molecular flexibility index (Phi) is 4.07. The Labute approximate surface area is 99.9 Å². The first-order valence-corrected chi connectivity index (χ1v) is 6.01. The Morgan fingerprint density at radius 3 is 2.29 bits per heavy atom. The largest absolute Gasteiger partial charge is 0.388 e. The summed E-state index contributed by atoms with van der Waals surface area (Å²) in [5, 5.41) is 9.87. The molecule has 1 aliphatic rings. The number of halogens is 2. The molecule has 1 aromatic carbocycles. The first-order valence-electron chi connectivity index (χ1n) is 6.01. The number of rotatable bonds is 4. The molecule has 17 heavy (non-hydrogen) atoms. The standard InChI is InChI=1S/C13H17F2NO/c14-11-7-10(8-12(15)9-11)13(17)3-6-16-4-1-2-5-16/h7-9,13,17H,1-6H2. The van der Waals surface area contributed by atoms with Crippen LogP contribution in [0.3, 0.4) is 0 Å². The molecule has 1 aliphatic heterocycles. The van der Waals surface area contributed by atoms with Crippen molar-refractivity contribution < 1.29 is 13.9 Å². The summed E-state index contributed by atoms with van der Waals surface area (Å²) in [6, 6.07) is 3.20. The van der Waals surface area contributed by atoms with Crippen molar-refractivity contribution in [1.82, 2.24) is 4.90 Å². The Balaban J connectivity index is 1.91. The van der Waals surface area contributed by atoms with E-state index in [0.717, 1.165) is 25.7 Å². The van der Waals surface area contributed by atoms with Crippen molar-refractivity contribution in [2.75, 3.05) is 19.6 Å². The van der Waals surface area contributed by atoms with Gasteiger partial charge in [-0.1, -0.05) is 0 Å². The van der Waals surface area contributed by atoms with Crippen LogP contribution in [0.2, 0.25) is 0 Å². The third-order valence-corrected chi connectivity index (χ3v) is 3.19. The maximum Gasteiger partial charge on any atom is 0.126 e. The van der Waals surface area contributed by atoms with Crippen molar-refractivity contribution in [3.8, 4) is 0 Å². The Hall–Kier alpha value is -1.00. The average Bonchev–Trinajstić information content (AvgIpc) is 2.77. The van der Waals surface area contributed by atoms with E-state index >= 15 is 0 Å². The fraction of sp³-hybridized carbons (Fsp3) is 0.538. The molecule has 0 spiro atoms. The van der Waals surface area contributed by atoms with Crippen LogP contribution >= 0.6 is 0 Å². The van der Waals surface area contributed by atoms with E-state index in [4.69, 9.17) is 0 Å². The lowest BCUT2D eigenvalue weighted by Crippen LogP contribution is -2.22. The molecule has 1 atom stereocenters. The van der Waals surface area contributed by atoms with Gasteiger partial charge in [-0.25, -0.2) is 8.78 Å². The van der Waals surface area contributed by atoms with Crippen molar-refractivity contribution in [3.05, 3.63) is 35.4 Å². The molecular weight excluding hydrogens is 224 g/mol. The molecule has 0 saturated carbocycles. The molecule has 0 amide bonds. The zero-order valence-electron chi connectivity index (χ0n) is 9.70. The number of aliphatic hydroxyl groups is 1. The van der Waals surface area contributed by atoms with Gasteiger partial charge in [0.1, 0.15) is 11.6 Å². The summed E-state index contributed by atoms with van der Waals surface area (Å²) < 4.78 is 25.9. The van der Waals surface area contributed by atoms with Gasteiger partial charge in [0.25, 0.3) is 0 Å². The van der Waals surface area contributed by atoms with Crippen molar-refractivity contribution in [3.63, 3.8) is 0 Å². The second kappa shape index (κ2) is 5.56. The van der Waals surface area contributed by atoms with Crippen LogP contribution < -0.4 is 0 Å². The smallest absolute Gasteiger partial charge is 0.126 e. The van der Waals surface area contributed by atoms with Crippen LogP contribution in [-0.2, 0) is 0 Å². The van der Waals surface area contributed by atoms with Gasteiger partial charge in [-0.3, -0.25) is 0 Å². The Morgan fingerprint density at radius 1 is 1.12 bits per heavy atom. The second-order valence-corrected chi connectivity index (χ2v) is 4.56. The molecule has 94 valence electrons. The summed E-state index contributed by atoms with van der Waals surface area (Å²) in [6.07, 6.45) is 2.12. The molecule has 1 unspecified atom stereocenters. The highest BCUT2D eigenvalue weighted by Gasteiger charge is 2.15. The zero-order chi connectivity index (χ0) is 12.3. The van der Waals surface area contributed by atoms with Gasteiger partial charge in [0.05, 0.1) is 6.10 Å². The Morgan fingerprint density at radius 2 is 1.71 bits per heavy atom. The molecule has 0 aromatic heterocycles. The first-order chi connectivity index (χ1) is 8.15. The SMILES string of the molecule is OC(CCN1CCCC1)c1cc(F)cc(F)c1. The molecule has 1 heterocycles. The Bertz CT molecular complexity index is 357. The highest BCUT2D eigenvalue weighted by atomic mass is 19.1. The van der Waals surface area contributed by atoms with Gasteiger partial charge in [-0.2, -0.15) is 0 Å². The molecule has 1 saturated heterocycles. The molecule has 1 N–H and O–H groups in total. The quantitative estimate of drug-likeness (QED) is 0.875. The van der Waals surface area contributed by atoms with Gasteiger partial charge < -0.3 is 10.0 Å². The normalized spacial score (nSPS) is 18.5. The molecule has 4 heteroatoms. The molecule has 0 radical (unpaired) electrons. The lowest BCUT2D eigenvalue weighted by molar-refractivity contribution is 0.148. The maximum absolute atomic E-state index is 13.0. The van der Waals surface area contributed by atoms with Crippen LogP contribution in [0.4, 0.5) is 8.78 Å². The monoisotopic (exact) mass is 241 g/mol. The third kappa shape index (κ3) is 3.48. The predicted octanol–water partition coefficient (Wildman–Crippen LogP) is 2.48. The lowest BCUT2D eigenvalue weighted by atomic mass is 10.1. The number of hydrogen-bond donors (Lipinski definition) is 1. The average molecular weight is 241 g/mol. The summed E-state index contributed by atoms with van der Waals surface area (Å²) in [4.78, 5) is 2.26. The highest BCUT2D eigenvalue weighted by Crippen LogP contribution is 2.20. The fourth-order valence-electron chi connectivity index (χ4n) is 2.25. The summed E-state index contributed by atoms with van der Waals surface area (Å²) in [5.41, 5.74) is 0.321. The predicted molar refractivity (Wildman–Crippen MR) is 61.6 cm³/mol. The fourth-order valence-corrected chi connectivity index (χ4v) is 2.25. The van der Waals surface area contributed by atoms with E-state index in [2.05, 4.69) is 4.90 Å². The number of aliphatic hydroxyl groups excluding tert-OH is 1. The van der Waals surface area contributed by atoms with Crippen LogP contribution in [-0.4, -0.2) is 29.6 Å². The van der Waals surface area contributed by atoms with E-state index in [1.54, 1.807) is 0 Å². The number of benzene rings is 1. The van der Waals surface area contributed by atoms with Crippen molar-refractivity contribution >= 4 is 0 Å². The number of hydrogen-bond acceptors (Lipinski definition) is 2. The van der Waals surface area contributed by atoms with Gasteiger partial charge in [-0.05, 0) is 50.0 Å². The number of likely N-dealkylation sites (tertiary alicyclic amines) is 1. The van der Waals surface area contributed by atoms with Gasteiger partial charge in [0, 0.05) is 12.6 Å². The molecule has 0 bridgehead atoms. The van der Waals surface area contributed by atoms with E-state index < -0.39 is 17.7 Å². The van der Waals surface area contributed by atoms with Gasteiger partial charge in [0.2, 0.25) is 0 Å². The van der Waals surface area contributed by atoms with E-state index in [1.165, 1.54) is 25.0 Å². The minimum Gasteiger partial charge on any atom is -0.388 e. The van der Waals surface area contributed by atoms with Crippen LogP contribution in [0.25, 0.3) is 0 Å². The van der Waals surface area contributed by atoms with E-state index in [-0.39, 0.29) is 0 Å². The summed E-state index contributed by atoms with van der Waals surface area (Å²) in [6.45, 7) is 2.90. The summed E-state index contributed by atoms with van der Waals surface area (Å²) in [5.74, 6) is -1.28. The maximum atomic E-state index is 13.0. The van der Waals surface area contributed by atoms with Crippen LogP contribution in [0.5, 0.6) is 0 Å². The van der Waals surface area contributed by atoms with Crippen molar-refractivity contribution in [1.29, 1.82) is 0 Å². The van der Waals surface area contributed by atoms with Gasteiger partial charge >= 0.3 is 0 Å². The number of nitrogens with zero attached hydrogens (tertiary/aromatic N) is 1. The first kappa shape index (κ1) is 12.5. The summed E-state index contributed by atoms with van der Waals surface area (Å²) >= 11 is 0. The molecule has 2 rings (SSSR count). The van der Waals surface area contributed by atoms with Gasteiger partial charge in [-0.15, -0.1) is 0 Å². The molecule has 1 aromatic rings.